The van der Waals surface area contributed by atoms with E-state index in [0.29, 0.717) is 5.69 Å². The van der Waals surface area contributed by atoms with E-state index >= 15 is 0 Å². The first-order chi connectivity index (χ1) is 8.22. The summed E-state index contributed by atoms with van der Waals surface area (Å²) in [7, 11) is 1.68. The summed E-state index contributed by atoms with van der Waals surface area (Å²) in [5.41, 5.74) is 1.36. The van der Waals surface area contributed by atoms with Crippen LogP contribution in [0, 0.1) is 5.82 Å². The molecule has 1 N–H and O–H groups in total. The Morgan fingerprint density at radius 1 is 1.41 bits per heavy atom. The van der Waals surface area contributed by atoms with Crippen molar-refractivity contribution in [3.05, 3.63) is 24.0 Å². The largest absolute Gasteiger partial charge is 0.369 e. The number of hydrogen-bond donors (Lipinski definition) is 1. The lowest BCUT2D eigenvalue weighted by molar-refractivity contribution is 0.584. The van der Waals surface area contributed by atoms with Crippen LogP contribution >= 0.6 is 0 Å². The van der Waals surface area contributed by atoms with Crippen LogP contribution in [0.3, 0.4) is 0 Å². The predicted octanol–water partition coefficient (Wildman–Crippen LogP) is 1.29. The van der Waals surface area contributed by atoms with E-state index in [0.717, 1.165) is 31.9 Å². The Labute approximate surface area is 101 Å². The molecule has 4 nitrogen and oxygen atoms in total. The zero-order valence-corrected chi connectivity index (χ0v) is 9.99. The van der Waals surface area contributed by atoms with Gasteiger partial charge in [-0.05, 0) is 18.2 Å². The second-order valence-corrected chi connectivity index (χ2v) is 4.04. The van der Waals surface area contributed by atoms with Crippen LogP contribution in [0.2, 0.25) is 0 Å². The minimum absolute atomic E-state index is 0.268. The molecule has 1 heterocycles. The topological polar surface area (TPSA) is 30.9 Å². The smallest absolute Gasteiger partial charge is 0.150 e. The van der Waals surface area contributed by atoms with Crippen molar-refractivity contribution in [1.29, 1.82) is 0 Å². The molecular weight excluding hydrogens is 219 g/mol. The third kappa shape index (κ3) is 2.55. The van der Waals surface area contributed by atoms with Crippen molar-refractivity contribution in [1.82, 2.24) is 5.32 Å². The van der Waals surface area contributed by atoms with E-state index in [9.17, 15) is 4.39 Å². The van der Waals surface area contributed by atoms with E-state index in [-0.39, 0.29) is 5.82 Å². The maximum absolute atomic E-state index is 13.9. The standard InChI is InChI=1S/C12H17FN4/c1-14-16(2)12-4-3-10(9-11(12)13)17-7-5-15-6-8-17/h3-4,9,15H,1,5-8H2,2H3. The van der Waals surface area contributed by atoms with Gasteiger partial charge >= 0.3 is 0 Å². The van der Waals surface area contributed by atoms with Gasteiger partial charge < -0.3 is 10.2 Å². The molecular formula is C12H17FN4. The van der Waals surface area contributed by atoms with Crippen LogP contribution in [0.25, 0.3) is 0 Å². The summed E-state index contributed by atoms with van der Waals surface area (Å²) in [6.07, 6.45) is 0. The van der Waals surface area contributed by atoms with Crippen LogP contribution in [0.5, 0.6) is 0 Å². The maximum atomic E-state index is 13.9. The zero-order chi connectivity index (χ0) is 12.3. The number of nitrogens with zero attached hydrogens (tertiary/aromatic N) is 3. The minimum Gasteiger partial charge on any atom is -0.369 e. The van der Waals surface area contributed by atoms with Gasteiger partial charge in [-0.1, -0.05) is 0 Å². The number of nitrogens with one attached hydrogen (secondary N) is 1. The highest BCUT2D eigenvalue weighted by Gasteiger charge is 2.13. The molecule has 1 aliphatic heterocycles. The Hall–Kier alpha value is -1.62. The van der Waals surface area contributed by atoms with Gasteiger partial charge in [-0.2, -0.15) is 5.10 Å². The van der Waals surface area contributed by atoms with E-state index in [1.165, 1.54) is 5.01 Å². The molecule has 17 heavy (non-hydrogen) atoms. The molecule has 1 fully saturated rings. The molecule has 0 aliphatic carbocycles. The number of piperazine rings is 1. The molecule has 1 aliphatic rings. The van der Waals surface area contributed by atoms with E-state index in [1.54, 1.807) is 19.2 Å². The predicted molar refractivity (Wildman–Crippen MR) is 69.4 cm³/mol. The van der Waals surface area contributed by atoms with Crippen molar-refractivity contribution < 1.29 is 4.39 Å². The van der Waals surface area contributed by atoms with Gasteiger partial charge in [0.1, 0.15) is 5.82 Å². The average molecular weight is 236 g/mol. The van der Waals surface area contributed by atoms with Crippen molar-refractivity contribution in [3.63, 3.8) is 0 Å². The third-order valence-electron chi connectivity index (χ3n) is 2.97. The van der Waals surface area contributed by atoms with Crippen molar-refractivity contribution in [2.24, 2.45) is 5.10 Å². The van der Waals surface area contributed by atoms with Crippen LogP contribution in [-0.2, 0) is 0 Å². The van der Waals surface area contributed by atoms with Gasteiger partial charge in [0.15, 0.2) is 0 Å². The second kappa shape index (κ2) is 5.14. The number of rotatable bonds is 3. The van der Waals surface area contributed by atoms with Gasteiger partial charge in [0.05, 0.1) is 5.69 Å². The van der Waals surface area contributed by atoms with Crippen molar-refractivity contribution in [3.8, 4) is 0 Å². The van der Waals surface area contributed by atoms with Gasteiger partial charge in [-0.15, -0.1) is 0 Å². The van der Waals surface area contributed by atoms with Gasteiger partial charge in [0.2, 0.25) is 0 Å². The summed E-state index contributed by atoms with van der Waals surface area (Å²) in [5.74, 6) is -0.268. The fourth-order valence-corrected chi connectivity index (χ4v) is 1.95. The molecule has 0 spiro atoms. The van der Waals surface area contributed by atoms with E-state index in [1.807, 2.05) is 6.07 Å². The minimum atomic E-state index is -0.268. The van der Waals surface area contributed by atoms with Crippen molar-refractivity contribution in [2.45, 2.75) is 0 Å². The Kier molecular flexibility index (Phi) is 3.58. The second-order valence-electron chi connectivity index (χ2n) is 4.04. The highest BCUT2D eigenvalue weighted by Crippen LogP contribution is 2.24. The Morgan fingerprint density at radius 2 is 2.12 bits per heavy atom. The monoisotopic (exact) mass is 236 g/mol. The quantitative estimate of drug-likeness (QED) is 0.633. The van der Waals surface area contributed by atoms with Crippen LogP contribution in [-0.4, -0.2) is 39.9 Å². The van der Waals surface area contributed by atoms with Crippen LogP contribution in [0.4, 0.5) is 15.8 Å². The summed E-state index contributed by atoms with van der Waals surface area (Å²) in [6, 6.07) is 5.22. The summed E-state index contributed by atoms with van der Waals surface area (Å²) < 4.78 is 13.9. The molecule has 0 saturated carbocycles. The number of benzene rings is 1. The van der Waals surface area contributed by atoms with E-state index in [4.69, 9.17) is 0 Å². The first-order valence-corrected chi connectivity index (χ1v) is 5.68. The highest BCUT2D eigenvalue weighted by atomic mass is 19.1. The number of halogens is 1. The molecule has 0 radical (unpaired) electrons. The first-order valence-electron chi connectivity index (χ1n) is 5.68. The molecule has 0 bridgehead atoms. The number of hydrogen-bond acceptors (Lipinski definition) is 4. The zero-order valence-electron chi connectivity index (χ0n) is 9.99. The fourth-order valence-electron chi connectivity index (χ4n) is 1.95. The number of hydrazone groups is 1. The highest BCUT2D eigenvalue weighted by molar-refractivity contribution is 5.57. The Morgan fingerprint density at radius 3 is 2.71 bits per heavy atom. The molecule has 0 amide bonds. The molecule has 1 aromatic rings. The van der Waals surface area contributed by atoms with Crippen molar-refractivity contribution in [2.75, 3.05) is 43.1 Å². The van der Waals surface area contributed by atoms with Crippen LogP contribution in [0.15, 0.2) is 23.3 Å². The molecule has 5 heteroatoms. The van der Waals surface area contributed by atoms with Crippen LogP contribution in [0.1, 0.15) is 0 Å². The fraction of sp³-hybridized carbons (Fsp3) is 0.417. The van der Waals surface area contributed by atoms with Crippen molar-refractivity contribution >= 4 is 18.1 Å². The summed E-state index contributed by atoms with van der Waals surface area (Å²) in [5, 5.41) is 8.38. The van der Waals surface area contributed by atoms with Gasteiger partial charge in [0, 0.05) is 45.6 Å². The van der Waals surface area contributed by atoms with E-state index < -0.39 is 0 Å². The Bertz CT molecular complexity index is 401. The van der Waals surface area contributed by atoms with Gasteiger partial charge in [0.25, 0.3) is 0 Å². The summed E-state index contributed by atoms with van der Waals surface area (Å²) in [4.78, 5) is 2.17. The number of anilines is 2. The molecule has 92 valence electrons. The first kappa shape index (κ1) is 11.9. The molecule has 1 aromatic carbocycles. The van der Waals surface area contributed by atoms with Gasteiger partial charge in [-0.3, -0.25) is 5.01 Å². The normalized spacial score (nSPS) is 15.8. The van der Waals surface area contributed by atoms with Crippen LogP contribution < -0.4 is 15.2 Å². The third-order valence-corrected chi connectivity index (χ3v) is 2.97. The summed E-state index contributed by atoms with van der Waals surface area (Å²) in [6.45, 7) is 7.09. The molecule has 1 saturated heterocycles. The molecule has 0 aromatic heterocycles. The molecule has 0 unspecified atom stereocenters. The lowest BCUT2D eigenvalue weighted by atomic mass is 10.2. The lowest BCUT2D eigenvalue weighted by Crippen LogP contribution is -2.43. The lowest BCUT2D eigenvalue weighted by Gasteiger charge is -2.29. The maximum Gasteiger partial charge on any atom is 0.150 e. The average Bonchev–Trinajstić information content (AvgIpc) is 2.39. The van der Waals surface area contributed by atoms with E-state index in [2.05, 4.69) is 22.0 Å². The molecule has 0 atom stereocenters. The Balaban J connectivity index is 2.20. The molecule has 2 rings (SSSR count). The van der Waals surface area contributed by atoms with Gasteiger partial charge in [-0.25, -0.2) is 4.39 Å². The SMILES string of the molecule is C=NN(C)c1ccc(N2CCNCC2)cc1F. The summed E-state index contributed by atoms with van der Waals surface area (Å²) >= 11 is 0.